The molecular formula is C11H11F2NO5S. The van der Waals surface area contributed by atoms with Crippen LogP contribution in [0, 0.1) is 0 Å². The third-order valence-corrected chi connectivity index (χ3v) is 4.18. The van der Waals surface area contributed by atoms with E-state index in [1.165, 1.54) is 19.1 Å². The summed E-state index contributed by atoms with van der Waals surface area (Å²) in [6.45, 7) is 1.23. The SMILES string of the molecule is C[C@@H](C(=O)Nc1ccc2c(c1)OC(F)(F)O2)S(C)(=O)=O. The van der Waals surface area contributed by atoms with Crippen LogP contribution in [0.2, 0.25) is 0 Å². The fraction of sp³-hybridized carbons (Fsp3) is 0.364. The average Bonchev–Trinajstić information content (AvgIpc) is 2.59. The van der Waals surface area contributed by atoms with E-state index < -0.39 is 27.3 Å². The number of hydrogen-bond acceptors (Lipinski definition) is 5. The number of fused-ring (bicyclic) bond motifs is 1. The van der Waals surface area contributed by atoms with Crippen LogP contribution in [0.4, 0.5) is 14.5 Å². The normalized spacial score (nSPS) is 17.6. The number of amides is 1. The Morgan fingerprint density at radius 2 is 1.90 bits per heavy atom. The van der Waals surface area contributed by atoms with Gasteiger partial charge in [-0.25, -0.2) is 8.42 Å². The molecule has 0 unspecified atom stereocenters. The van der Waals surface area contributed by atoms with Crippen molar-refractivity contribution in [2.45, 2.75) is 18.5 Å². The van der Waals surface area contributed by atoms with Crippen LogP contribution in [-0.2, 0) is 14.6 Å². The van der Waals surface area contributed by atoms with Gasteiger partial charge in [0.15, 0.2) is 21.3 Å². The van der Waals surface area contributed by atoms with Gasteiger partial charge < -0.3 is 14.8 Å². The summed E-state index contributed by atoms with van der Waals surface area (Å²) in [7, 11) is -3.54. The zero-order valence-electron chi connectivity index (χ0n) is 10.5. The van der Waals surface area contributed by atoms with Gasteiger partial charge in [0.2, 0.25) is 5.91 Å². The van der Waals surface area contributed by atoms with Crippen molar-refractivity contribution in [3.63, 3.8) is 0 Å². The standard InChI is InChI=1S/C11H11F2NO5S/c1-6(20(2,16)17)10(15)14-7-3-4-8-9(5-7)19-11(12,13)18-8/h3-6H,1-2H3,(H,14,15)/t6-/m0/s1. The minimum Gasteiger partial charge on any atom is -0.395 e. The Hall–Kier alpha value is -1.90. The second kappa shape index (κ2) is 4.58. The summed E-state index contributed by atoms with van der Waals surface area (Å²) in [5.74, 6) is -1.16. The summed E-state index contributed by atoms with van der Waals surface area (Å²) in [6.07, 6.45) is -2.82. The number of nitrogens with one attached hydrogen (secondary N) is 1. The Morgan fingerprint density at radius 1 is 1.30 bits per heavy atom. The molecule has 2 rings (SSSR count). The van der Waals surface area contributed by atoms with Crippen molar-refractivity contribution in [2.24, 2.45) is 0 Å². The fourth-order valence-electron chi connectivity index (χ4n) is 1.47. The van der Waals surface area contributed by atoms with Gasteiger partial charge in [0.1, 0.15) is 5.25 Å². The van der Waals surface area contributed by atoms with Gasteiger partial charge in [-0.2, -0.15) is 0 Å². The smallest absolute Gasteiger partial charge is 0.395 e. The molecule has 0 saturated carbocycles. The van der Waals surface area contributed by atoms with Gasteiger partial charge in [0.05, 0.1) is 0 Å². The highest BCUT2D eigenvalue weighted by Crippen LogP contribution is 2.42. The predicted molar refractivity (Wildman–Crippen MR) is 65.6 cm³/mol. The monoisotopic (exact) mass is 307 g/mol. The van der Waals surface area contributed by atoms with E-state index in [0.29, 0.717) is 0 Å². The highest BCUT2D eigenvalue weighted by Gasteiger charge is 2.43. The minimum atomic E-state index is -3.75. The molecule has 1 aliphatic heterocycles. The molecule has 0 radical (unpaired) electrons. The van der Waals surface area contributed by atoms with Crippen LogP contribution in [0.1, 0.15) is 6.92 Å². The number of benzene rings is 1. The number of rotatable bonds is 3. The largest absolute Gasteiger partial charge is 0.586 e. The van der Waals surface area contributed by atoms with E-state index in [9.17, 15) is 22.0 Å². The molecule has 6 nitrogen and oxygen atoms in total. The highest BCUT2D eigenvalue weighted by molar-refractivity contribution is 7.92. The molecule has 0 aromatic heterocycles. The topological polar surface area (TPSA) is 81.7 Å². The van der Waals surface area contributed by atoms with Crippen LogP contribution in [0.3, 0.4) is 0 Å². The zero-order chi connectivity index (χ0) is 15.1. The quantitative estimate of drug-likeness (QED) is 0.912. The van der Waals surface area contributed by atoms with Crippen LogP contribution in [0.15, 0.2) is 18.2 Å². The van der Waals surface area contributed by atoms with E-state index in [1.54, 1.807) is 0 Å². The van der Waals surface area contributed by atoms with Gasteiger partial charge in [0, 0.05) is 18.0 Å². The van der Waals surface area contributed by atoms with E-state index in [4.69, 9.17) is 0 Å². The van der Waals surface area contributed by atoms with E-state index >= 15 is 0 Å². The number of hydrogen-bond donors (Lipinski definition) is 1. The molecule has 1 amide bonds. The molecule has 1 heterocycles. The Kier molecular flexibility index (Phi) is 3.32. The first-order valence-corrected chi connectivity index (χ1v) is 7.43. The molecule has 110 valence electrons. The van der Waals surface area contributed by atoms with Gasteiger partial charge in [-0.1, -0.05) is 0 Å². The fourth-order valence-corrected chi connectivity index (χ4v) is 1.91. The molecule has 1 atom stereocenters. The lowest BCUT2D eigenvalue weighted by atomic mass is 10.2. The molecule has 20 heavy (non-hydrogen) atoms. The molecular weight excluding hydrogens is 296 g/mol. The summed E-state index contributed by atoms with van der Waals surface area (Å²) in [4.78, 5) is 11.7. The number of halogens is 2. The Balaban J connectivity index is 2.16. The first-order valence-electron chi connectivity index (χ1n) is 5.48. The van der Waals surface area contributed by atoms with Crippen molar-refractivity contribution in [1.29, 1.82) is 0 Å². The van der Waals surface area contributed by atoms with Crippen molar-refractivity contribution in [1.82, 2.24) is 0 Å². The van der Waals surface area contributed by atoms with Gasteiger partial charge >= 0.3 is 6.29 Å². The first kappa shape index (κ1) is 14.5. The molecule has 9 heteroatoms. The molecule has 0 fully saturated rings. The summed E-state index contributed by atoms with van der Waals surface area (Å²) in [5.41, 5.74) is 0.130. The summed E-state index contributed by atoms with van der Waals surface area (Å²) in [6, 6.07) is 3.62. The lowest BCUT2D eigenvalue weighted by Gasteiger charge is -2.10. The molecule has 1 aromatic carbocycles. The zero-order valence-corrected chi connectivity index (χ0v) is 11.3. The third kappa shape index (κ3) is 2.98. The molecule has 1 aliphatic rings. The second-order valence-electron chi connectivity index (χ2n) is 4.29. The summed E-state index contributed by atoms with van der Waals surface area (Å²) in [5, 5.41) is 1.05. The van der Waals surface area contributed by atoms with Crippen molar-refractivity contribution in [3.8, 4) is 11.5 Å². The third-order valence-electron chi connectivity index (χ3n) is 2.68. The molecule has 0 spiro atoms. The van der Waals surface area contributed by atoms with Crippen molar-refractivity contribution < 1.29 is 31.5 Å². The lowest BCUT2D eigenvalue weighted by Crippen LogP contribution is -2.31. The first-order chi connectivity index (χ1) is 9.08. The Labute approximate surface area is 113 Å². The Morgan fingerprint density at radius 3 is 2.50 bits per heavy atom. The number of carbonyl (C=O) groups excluding carboxylic acids is 1. The second-order valence-corrected chi connectivity index (χ2v) is 6.66. The van der Waals surface area contributed by atoms with Crippen LogP contribution < -0.4 is 14.8 Å². The van der Waals surface area contributed by atoms with Crippen molar-refractivity contribution in [3.05, 3.63) is 18.2 Å². The van der Waals surface area contributed by atoms with Gasteiger partial charge in [-0.15, -0.1) is 8.78 Å². The summed E-state index contributed by atoms with van der Waals surface area (Å²) >= 11 is 0. The van der Waals surface area contributed by atoms with Crippen molar-refractivity contribution >= 4 is 21.4 Å². The predicted octanol–water partition coefficient (Wildman–Crippen LogP) is 1.38. The minimum absolute atomic E-state index is 0.130. The van der Waals surface area contributed by atoms with Gasteiger partial charge in [0.25, 0.3) is 0 Å². The maximum Gasteiger partial charge on any atom is 0.586 e. The van der Waals surface area contributed by atoms with Crippen LogP contribution >= 0.6 is 0 Å². The van der Waals surface area contributed by atoms with Crippen LogP contribution in [-0.4, -0.2) is 32.1 Å². The lowest BCUT2D eigenvalue weighted by molar-refractivity contribution is -0.286. The average molecular weight is 307 g/mol. The van der Waals surface area contributed by atoms with Gasteiger partial charge in [-0.05, 0) is 19.1 Å². The maximum absolute atomic E-state index is 12.8. The summed E-state index contributed by atoms with van der Waals surface area (Å²) < 4.78 is 56.5. The molecule has 0 bridgehead atoms. The number of sulfone groups is 1. The molecule has 1 aromatic rings. The van der Waals surface area contributed by atoms with E-state index in [-0.39, 0.29) is 17.2 Å². The van der Waals surface area contributed by atoms with E-state index in [1.807, 2.05) is 0 Å². The van der Waals surface area contributed by atoms with Crippen LogP contribution in [0.25, 0.3) is 0 Å². The van der Waals surface area contributed by atoms with Gasteiger partial charge in [-0.3, -0.25) is 4.79 Å². The number of anilines is 1. The number of alkyl halides is 2. The van der Waals surface area contributed by atoms with E-state index in [0.717, 1.165) is 12.3 Å². The Bertz CT molecular complexity index is 659. The molecule has 0 aliphatic carbocycles. The maximum atomic E-state index is 12.8. The van der Waals surface area contributed by atoms with Crippen molar-refractivity contribution in [2.75, 3.05) is 11.6 Å². The highest BCUT2D eigenvalue weighted by atomic mass is 32.2. The molecule has 1 N–H and O–H groups in total. The molecule has 0 saturated heterocycles. The number of carbonyl (C=O) groups is 1. The van der Waals surface area contributed by atoms with Crippen LogP contribution in [0.5, 0.6) is 11.5 Å². The van der Waals surface area contributed by atoms with E-state index in [2.05, 4.69) is 14.8 Å². The number of ether oxygens (including phenoxy) is 2.